The van der Waals surface area contributed by atoms with Crippen molar-refractivity contribution >= 4 is 17.3 Å². The number of hydrogen-bond acceptors (Lipinski definition) is 2. The van der Waals surface area contributed by atoms with E-state index in [1.54, 1.807) is 6.07 Å². The molecule has 2 aromatic carbocycles. The fraction of sp³-hybridized carbons (Fsp3) is 0.235. The number of aromatic carboxylic acids is 1. The summed E-state index contributed by atoms with van der Waals surface area (Å²) in [4.78, 5) is 11.3. The van der Waals surface area contributed by atoms with E-state index in [4.69, 9.17) is 0 Å². The maximum Gasteiger partial charge on any atom is 0.337 e. The van der Waals surface area contributed by atoms with Gasteiger partial charge in [0.05, 0.1) is 11.3 Å². The molecule has 0 atom stereocenters. The molecule has 0 amide bonds. The highest BCUT2D eigenvalue weighted by Crippen LogP contribution is 2.25. The molecule has 0 radical (unpaired) electrons. The van der Waals surface area contributed by atoms with Gasteiger partial charge in [0.15, 0.2) is 0 Å². The molecule has 104 valence electrons. The summed E-state index contributed by atoms with van der Waals surface area (Å²) in [5, 5.41) is 12.6. The van der Waals surface area contributed by atoms with Crippen LogP contribution in [0.25, 0.3) is 0 Å². The Labute approximate surface area is 119 Å². The van der Waals surface area contributed by atoms with Crippen LogP contribution in [0.5, 0.6) is 0 Å². The van der Waals surface area contributed by atoms with Gasteiger partial charge in [-0.2, -0.15) is 0 Å². The molecule has 3 nitrogen and oxygen atoms in total. The SMILES string of the molecule is CCCc1ccccc1Nc1ccc(C)cc1C(=O)O. The predicted octanol–water partition coefficient (Wildman–Crippen LogP) is 4.39. The molecular formula is C17H19NO2. The molecule has 0 saturated heterocycles. The monoisotopic (exact) mass is 269 g/mol. The fourth-order valence-corrected chi connectivity index (χ4v) is 2.22. The summed E-state index contributed by atoms with van der Waals surface area (Å²) in [6, 6.07) is 13.4. The minimum atomic E-state index is -0.913. The zero-order valence-corrected chi connectivity index (χ0v) is 11.8. The largest absolute Gasteiger partial charge is 0.478 e. The van der Waals surface area contributed by atoms with Crippen LogP contribution in [-0.2, 0) is 6.42 Å². The van der Waals surface area contributed by atoms with E-state index >= 15 is 0 Å². The predicted molar refractivity (Wildman–Crippen MR) is 81.9 cm³/mol. The molecule has 0 bridgehead atoms. The average Bonchev–Trinajstić information content (AvgIpc) is 2.43. The Kier molecular flexibility index (Phi) is 4.41. The third-order valence-corrected chi connectivity index (χ3v) is 3.21. The first-order valence-corrected chi connectivity index (χ1v) is 6.80. The highest BCUT2D eigenvalue weighted by molar-refractivity contribution is 5.95. The van der Waals surface area contributed by atoms with Crippen LogP contribution in [0, 0.1) is 6.92 Å². The zero-order chi connectivity index (χ0) is 14.5. The Hall–Kier alpha value is -2.29. The Morgan fingerprint density at radius 1 is 1.15 bits per heavy atom. The van der Waals surface area contributed by atoms with Gasteiger partial charge in [0.2, 0.25) is 0 Å². The number of aryl methyl sites for hydroxylation is 2. The lowest BCUT2D eigenvalue weighted by Gasteiger charge is -2.14. The van der Waals surface area contributed by atoms with E-state index in [9.17, 15) is 9.90 Å². The Morgan fingerprint density at radius 3 is 2.60 bits per heavy atom. The van der Waals surface area contributed by atoms with Crippen molar-refractivity contribution in [2.24, 2.45) is 0 Å². The molecule has 2 rings (SSSR count). The lowest BCUT2D eigenvalue weighted by molar-refractivity contribution is 0.0698. The molecule has 2 aromatic rings. The van der Waals surface area contributed by atoms with E-state index in [-0.39, 0.29) is 0 Å². The van der Waals surface area contributed by atoms with Gasteiger partial charge in [0.1, 0.15) is 0 Å². The second kappa shape index (κ2) is 6.24. The van der Waals surface area contributed by atoms with Crippen molar-refractivity contribution < 1.29 is 9.90 Å². The van der Waals surface area contributed by atoms with Crippen LogP contribution in [0.15, 0.2) is 42.5 Å². The quantitative estimate of drug-likeness (QED) is 0.846. The van der Waals surface area contributed by atoms with Crippen molar-refractivity contribution in [3.8, 4) is 0 Å². The summed E-state index contributed by atoms with van der Waals surface area (Å²) < 4.78 is 0. The van der Waals surface area contributed by atoms with Crippen LogP contribution in [0.4, 0.5) is 11.4 Å². The number of benzene rings is 2. The molecule has 0 aliphatic heterocycles. The van der Waals surface area contributed by atoms with Gasteiger partial charge in [-0.15, -0.1) is 0 Å². The number of carboxylic acids is 1. The summed E-state index contributed by atoms with van der Waals surface area (Å²) in [5.41, 5.74) is 4.05. The Morgan fingerprint density at radius 2 is 1.90 bits per heavy atom. The third kappa shape index (κ3) is 3.18. The number of para-hydroxylation sites is 1. The van der Waals surface area contributed by atoms with Crippen LogP contribution in [0.3, 0.4) is 0 Å². The minimum Gasteiger partial charge on any atom is -0.478 e. The van der Waals surface area contributed by atoms with Gasteiger partial charge in [0, 0.05) is 5.69 Å². The van der Waals surface area contributed by atoms with E-state index in [0.29, 0.717) is 11.3 Å². The minimum absolute atomic E-state index is 0.302. The van der Waals surface area contributed by atoms with Crippen molar-refractivity contribution in [2.45, 2.75) is 26.7 Å². The third-order valence-electron chi connectivity index (χ3n) is 3.21. The zero-order valence-electron chi connectivity index (χ0n) is 11.8. The average molecular weight is 269 g/mol. The van der Waals surface area contributed by atoms with E-state index in [0.717, 1.165) is 24.1 Å². The molecule has 3 heteroatoms. The normalized spacial score (nSPS) is 10.3. The van der Waals surface area contributed by atoms with E-state index in [1.807, 2.05) is 37.3 Å². The first-order chi connectivity index (χ1) is 9.61. The van der Waals surface area contributed by atoms with Crippen LogP contribution >= 0.6 is 0 Å². The van der Waals surface area contributed by atoms with Crippen molar-refractivity contribution in [3.05, 3.63) is 59.2 Å². The molecule has 0 aliphatic rings. The Balaban J connectivity index is 2.37. The topological polar surface area (TPSA) is 49.3 Å². The summed E-state index contributed by atoms with van der Waals surface area (Å²) >= 11 is 0. The van der Waals surface area contributed by atoms with Crippen molar-refractivity contribution in [1.29, 1.82) is 0 Å². The fourth-order valence-electron chi connectivity index (χ4n) is 2.22. The number of anilines is 2. The number of carbonyl (C=O) groups is 1. The van der Waals surface area contributed by atoms with E-state index < -0.39 is 5.97 Å². The smallest absolute Gasteiger partial charge is 0.337 e. The molecule has 0 unspecified atom stereocenters. The van der Waals surface area contributed by atoms with E-state index in [2.05, 4.69) is 18.3 Å². The van der Waals surface area contributed by atoms with Gasteiger partial charge in [0.25, 0.3) is 0 Å². The number of nitrogens with one attached hydrogen (secondary N) is 1. The van der Waals surface area contributed by atoms with Gasteiger partial charge in [-0.05, 0) is 37.1 Å². The molecule has 0 heterocycles. The van der Waals surface area contributed by atoms with Gasteiger partial charge in [-0.1, -0.05) is 43.2 Å². The summed E-state index contributed by atoms with van der Waals surface area (Å²) in [7, 11) is 0. The second-order valence-corrected chi connectivity index (χ2v) is 4.89. The second-order valence-electron chi connectivity index (χ2n) is 4.89. The summed E-state index contributed by atoms with van der Waals surface area (Å²) in [6.07, 6.45) is 2.02. The van der Waals surface area contributed by atoms with E-state index in [1.165, 1.54) is 5.56 Å². The van der Waals surface area contributed by atoms with Crippen molar-refractivity contribution in [3.63, 3.8) is 0 Å². The number of hydrogen-bond donors (Lipinski definition) is 2. The molecule has 0 aliphatic carbocycles. The molecule has 0 aromatic heterocycles. The maximum absolute atomic E-state index is 11.3. The van der Waals surface area contributed by atoms with Crippen LogP contribution in [0.1, 0.15) is 34.8 Å². The first-order valence-electron chi connectivity index (χ1n) is 6.80. The van der Waals surface area contributed by atoms with Crippen LogP contribution in [-0.4, -0.2) is 11.1 Å². The lowest BCUT2D eigenvalue weighted by Crippen LogP contribution is -2.04. The molecule has 2 N–H and O–H groups in total. The van der Waals surface area contributed by atoms with Crippen molar-refractivity contribution in [2.75, 3.05) is 5.32 Å². The van der Waals surface area contributed by atoms with Crippen LogP contribution in [0.2, 0.25) is 0 Å². The number of rotatable bonds is 5. The maximum atomic E-state index is 11.3. The molecule has 0 fully saturated rings. The highest BCUT2D eigenvalue weighted by Gasteiger charge is 2.11. The van der Waals surface area contributed by atoms with Gasteiger partial charge in [-0.3, -0.25) is 0 Å². The molecule has 20 heavy (non-hydrogen) atoms. The van der Waals surface area contributed by atoms with Gasteiger partial charge >= 0.3 is 5.97 Å². The molecule has 0 spiro atoms. The first kappa shape index (κ1) is 14.1. The molecular weight excluding hydrogens is 250 g/mol. The van der Waals surface area contributed by atoms with Gasteiger partial charge in [-0.25, -0.2) is 4.79 Å². The standard InChI is InChI=1S/C17H19NO2/c1-3-6-13-7-4-5-8-15(13)18-16-10-9-12(2)11-14(16)17(19)20/h4-5,7-11,18H,3,6H2,1-2H3,(H,19,20). The van der Waals surface area contributed by atoms with Crippen molar-refractivity contribution in [1.82, 2.24) is 0 Å². The molecule has 0 saturated carbocycles. The van der Waals surface area contributed by atoms with Crippen LogP contribution < -0.4 is 5.32 Å². The highest BCUT2D eigenvalue weighted by atomic mass is 16.4. The number of carboxylic acid groups (broad SMARTS) is 1. The Bertz CT molecular complexity index is 620. The summed E-state index contributed by atoms with van der Waals surface area (Å²) in [6.45, 7) is 4.02. The van der Waals surface area contributed by atoms with Gasteiger partial charge < -0.3 is 10.4 Å². The lowest BCUT2D eigenvalue weighted by atomic mass is 10.1. The summed E-state index contributed by atoms with van der Waals surface area (Å²) in [5.74, 6) is -0.913.